The van der Waals surface area contributed by atoms with Crippen molar-refractivity contribution in [2.75, 3.05) is 13.6 Å². The Morgan fingerprint density at radius 2 is 2.00 bits per heavy atom. The summed E-state index contributed by atoms with van der Waals surface area (Å²) in [5.41, 5.74) is 1.12. The molecule has 0 aliphatic rings. The largest absolute Gasteiger partial charge is 0.351 e. The van der Waals surface area contributed by atoms with Crippen LogP contribution in [0.2, 0.25) is 0 Å². The molecule has 0 radical (unpaired) electrons. The molecule has 1 unspecified atom stereocenters. The summed E-state index contributed by atoms with van der Waals surface area (Å²) in [5, 5.41) is 5.02. The van der Waals surface area contributed by atoms with Crippen molar-refractivity contribution in [3.63, 3.8) is 0 Å². The predicted octanol–water partition coefficient (Wildman–Crippen LogP) is 3.06. The number of amides is 1. The molecule has 1 heterocycles. The van der Waals surface area contributed by atoms with E-state index in [0.717, 1.165) is 5.56 Å². The van der Waals surface area contributed by atoms with E-state index in [1.165, 1.54) is 4.88 Å². The van der Waals surface area contributed by atoms with Crippen molar-refractivity contribution in [1.82, 2.24) is 10.2 Å². The van der Waals surface area contributed by atoms with Gasteiger partial charge in [0.15, 0.2) is 0 Å². The molecule has 0 spiro atoms. The Hall–Kier alpha value is -1.65. The van der Waals surface area contributed by atoms with Gasteiger partial charge < -0.3 is 5.32 Å². The Kier molecular flexibility index (Phi) is 5.32. The highest BCUT2D eigenvalue weighted by Gasteiger charge is 2.15. The molecule has 4 heteroatoms. The zero-order valence-corrected chi connectivity index (χ0v) is 12.7. The van der Waals surface area contributed by atoms with E-state index in [4.69, 9.17) is 0 Å². The van der Waals surface area contributed by atoms with Crippen LogP contribution in [0.15, 0.2) is 47.8 Å². The number of likely N-dealkylation sites (N-methyl/N-ethyl adjacent to an activating group) is 1. The average Bonchev–Trinajstić information content (AvgIpc) is 2.99. The number of benzene rings is 1. The highest BCUT2D eigenvalue weighted by Crippen LogP contribution is 2.22. The number of hydrogen-bond donors (Lipinski definition) is 1. The van der Waals surface area contributed by atoms with Gasteiger partial charge in [0.05, 0.1) is 6.54 Å². The maximum absolute atomic E-state index is 12.0. The Morgan fingerprint density at radius 3 is 2.65 bits per heavy atom. The Balaban J connectivity index is 1.79. The first-order chi connectivity index (χ1) is 9.66. The lowest BCUT2D eigenvalue weighted by Gasteiger charge is -2.23. The molecule has 20 heavy (non-hydrogen) atoms. The fourth-order valence-electron chi connectivity index (χ4n) is 1.96. The third kappa shape index (κ3) is 4.18. The van der Waals surface area contributed by atoms with E-state index in [1.807, 2.05) is 43.4 Å². The maximum Gasteiger partial charge on any atom is 0.234 e. The summed E-state index contributed by atoms with van der Waals surface area (Å²) in [6, 6.07) is 14.4. The Morgan fingerprint density at radius 1 is 1.25 bits per heavy atom. The standard InChI is InChI=1S/C16H20N2OS/c1-13(15-9-6-10-20-15)18(2)12-16(19)17-11-14-7-4-3-5-8-14/h3-10,13H,11-12H2,1-2H3,(H,17,19). The van der Waals surface area contributed by atoms with Gasteiger partial charge in [0, 0.05) is 17.5 Å². The molecule has 3 nitrogen and oxygen atoms in total. The van der Waals surface area contributed by atoms with Gasteiger partial charge in [0.25, 0.3) is 0 Å². The van der Waals surface area contributed by atoms with Gasteiger partial charge in [-0.25, -0.2) is 0 Å². The summed E-state index contributed by atoms with van der Waals surface area (Å²) in [6.07, 6.45) is 0. The molecule has 1 atom stereocenters. The first-order valence-electron chi connectivity index (χ1n) is 6.71. The van der Waals surface area contributed by atoms with Crippen LogP contribution in [0.1, 0.15) is 23.4 Å². The van der Waals surface area contributed by atoms with Gasteiger partial charge in [-0.05, 0) is 31.0 Å². The van der Waals surface area contributed by atoms with Gasteiger partial charge in [-0.3, -0.25) is 9.69 Å². The molecule has 0 saturated carbocycles. The van der Waals surface area contributed by atoms with Crippen LogP contribution in [0.4, 0.5) is 0 Å². The molecule has 1 N–H and O–H groups in total. The third-order valence-electron chi connectivity index (χ3n) is 3.34. The number of nitrogens with zero attached hydrogens (tertiary/aromatic N) is 1. The quantitative estimate of drug-likeness (QED) is 0.886. The van der Waals surface area contributed by atoms with E-state index in [2.05, 4.69) is 28.6 Å². The number of carbonyl (C=O) groups excluding carboxylic acids is 1. The summed E-state index contributed by atoms with van der Waals surface area (Å²) in [7, 11) is 1.98. The van der Waals surface area contributed by atoms with Gasteiger partial charge >= 0.3 is 0 Å². The van der Waals surface area contributed by atoms with Crippen molar-refractivity contribution >= 4 is 17.2 Å². The van der Waals surface area contributed by atoms with Crippen LogP contribution in [-0.2, 0) is 11.3 Å². The molecule has 0 aliphatic carbocycles. The van der Waals surface area contributed by atoms with Crippen LogP contribution < -0.4 is 5.32 Å². The maximum atomic E-state index is 12.0. The number of nitrogens with one attached hydrogen (secondary N) is 1. The van der Waals surface area contributed by atoms with Crippen LogP contribution >= 0.6 is 11.3 Å². The van der Waals surface area contributed by atoms with Crippen molar-refractivity contribution in [2.45, 2.75) is 19.5 Å². The minimum Gasteiger partial charge on any atom is -0.351 e. The van der Waals surface area contributed by atoms with Crippen LogP contribution in [0.5, 0.6) is 0 Å². The first-order valence-corrected chi connectivity index (χ1v) is 7.59. The lowest BCUT2D eigenvalue weighted by Crippen LogP contribution is -2.35. The van der Waals surface area contributed by atoms with Gasteiger partial charge in [0.2, 0.25) is 5.91 Å². The van der Waals surface area contributed by atoms with Gasteiger partial charge in [-0.15, -0.1) is 11.3 Å². The van der Waals surface area contributed by atoms with Crippen LogP contribution in [0.25, 0.3) is 0 Å². The average molecular weight is 288 g/mol. The zero-order valence-electron chi connectivity index (χ0n) is 11.9. The summed E-state index contributed by atoms with van der Waals surface area (Å²) >= 11 is 1.72. The smallest absolute Gasteiger partial charge is 0.234 e. The number of thiophene rings is 1. The lowest BCUT2D eigenvalue weighted by molar-refractivity contribution is -0.122. The minimum absolute atomic E-state index is 0.0553. The van der Waals surface area contributed by atoms with E-state index in [9.17, 15) is 4.79 Å². The second-order valence-electron chi connectivity index (χ2n) is 4.87. The molecule has 2 aromatic rings. The molecule has 0 fully saturated rings. The van der Waals surface area contributed by atoms with Crippen LogP contribution in [0.3, 0.4) is 0 Å². The van der Waals surface area contributed by atoms with Gasteiger partial charge in [0.1, 0.15) is 0 Å². The molecule has 1 amide bonds. The number of hydrogen-bond acceptors (Lipinski definition) is 3. The molecular weight excluding hydrogens is 268 g/mol. The number of rotatable bonds is 6. The predicted molar refractivity (Wildman–Crippen MR) is 83.7 cm³/mol. The first kappa shape index (κ1) is 14.8. The van der Waals surface area contributed by atoms with Gasteiger partial charge in [-0.1, -0.05) is 36.4 Å². The normalized spacial score (nSPS) is 12.3. The molecule has 106 valence electrons. The summed E-state index contributed by atoms with van der Waals surface area (Å²) < 4.78 is 0. The molecule has 2 rings (SSSR count). The molecular formula is C16H20N2OS. The zero-order chi connectivity index (χ0) is 14.4. The highest BCUT2D eigenvalue weighted by molar-refractivity contribution is 7.10. The SMILES string of the molecule is CC(c1cccs1)N(C)CC(=O)NCc1ccccc1. The Labute approximate surface area is 124 Å². The molecule has 1 aromatic heterocycles. The lowest BCUT2D eigenvalue weighted by atomic mass is 10.2. The summed E-state index contributed by atoms with van der Waals surface area (Å²) in [5.74, 6) is 0.0553. The fourth-order valence-corrected chi connectivity index (χ4v) is 2.81. The molecule has 0 aliphatic heterocycles. The van der Waals surface area contributed by atoms with Crippen LogP contribution in [-0.4, -0.2) is 24.4 Å². The Bertz CT molecular complexity index is 525. The van der Waals surface area contributed by atoms with E-state index < -0.39 is 0 Å². The minimum atomic E-state index is 0.0553. The van der Waals surface area contributed by atoms with Crippen molar-refractivity contribution in [3.8, 4) is 0 Å². The van der Waals surface area contributed by atoms with Gasteiger partial charge in [-0.2, -0.15) is 0 Å². The van der Waals surface area contributed by atoms with Crippen molar-refractivity contribution in [2.24, 2.45) is 0 Å². The monoisotopic (exact) mass is 288 g/mol. The van der Waals surface area contributed by atoms with Crippen molar-refractivity contribution in [3.05, 3.63) is 58.3 Å². The van der Waals surface area contributed by atoms with Crippen LogP contribution in [0, 0.1) is 0 Å². The third-order valence-corrected chi connectivity index (χ3v) is 4.38. The molecule has 0 saturated heterocycles. The van der Waals surface area contributed by atoms with Crippen molar-refractivity contribution in [1.29, 1.82) is 0 Å². The fraction of sp³-hybridized carbons (Fsp3) is 0.312. The number of carbonyl (C=O) groups is 1. The van der Waals surface area contributed by atoms with E-state index in [0.29, 0.717) is 13.1 Å². The van der Waals surface area contributed by atoms with E-state index in [-0.39, 0.29) is 11.9 Å². The van der Waals surface area contributed by atoms with Crippen molar-refractivity contribution < 1.29 is 4.79 Å². The molecule has 1 aromatic carbocycles. The molecule has 0 bridgehead atoms. The second-order valence-corrected chi connectivity index (χ2v) is 5.85. The van der Waals surface area contributed by atoms with E-state index in [1.54, 1.807) is 11.3 Å². The second kappa shape index (κ2) is 7.22. The topological polar surface area (TPSA) is 32.3 Å². The highest BCUT2D eigenvalue weighted by atomic mass is 32.1. The summed E-state index contributed by atoms with van der Waals surface area (Å²) in [6.45, 7) is 3.11. The summed E-state index contributed by atoms with van der Waals surface area (Å²) in [4.78, 5) is 15.3. The van der Waals surface area contributed by atoms with E-state index >= 15 is 0 Å².